The maximum atomic E-state index is 13.2. The molecule has 0 spiro atoms. The predicted octanol–water partition coefficient (Wildman–Crippen LogP) is -0.194. The third-order valence-corrected chi connectivity index (χ3v) is 8.21. The smallest absolute Gasteiger partial charge is 0.352 e. The molecule has 6 N–H and O–H groups in total. The molecule has 17 heteroatoms. The first-order valence-corrected chi connectivity index (χ1v) is 13.8. The molecule has 3 aromatic rings. The largest absolute Gasteiger partial charge is 0.477 e. The monoisotopic (exact) mass is 574 g/mol. The Hall–Kier alpha value is -4.09. The number of fused-ring (bicyclic) bond motifs is 1. The van der Waals surface area contributed by atoms with Crippen LogP contribution in [0.5, 0.6) is 0 Å². The molecule has 38 heavy (non-hydrogen) atoms. The molecule has 2 amide bonds. The van der Waals surface area contributed by atoms with E-state index in [1.54, 1.807) is 34.6 Å². The average molecular weight is 575 g/mol. The van der Waals surface area contributed by atoms with Gasteiger partial charge in [0.25, 0.3) is 11.8 Å². The number of β-lactam (4-membered cyclic amide) rings is 1. The van der Waals surface area contributed by atoms with E-state index >= 15 is 0 Å². The quantitative estimate of drug-likeness (QED) is 0.114. The van der Waals surface area contributed by atoms with Crippen LogP contribution in [0.3, 0.4) is 0 Å². The number of nitrogens with one attached hydrogen (secondary N) is 1. The minimum Gasteiger partial charge on any atom is -0.477 e. The number of nitrogen functional groups attached to an aromatic ring is 2. The van der Waals surface area contributed by atoms with E-state index in [1.807, 2.05) is 0 Å². The van der Waals surface area contributed by atoms with Crippen LogP contribution in [0.2, 0.25) is 0 Å². The van der Waals surface area contributed by atoms with E-state index in [0.29, 0.717) is 22.2 Å². The molecular formula is C21H20N9O5S3+. The number of nitrogens with two attached hydrogens (primary N) is 2. The summed E-state index contributed by atoms with van der Waals surface area (Å²) in [6, 6.07) is 2.56. The van der Waals surface area contributed by atoms with Gasteiger partial charge < -0.3 is 26.7 Å². The Morgan fingerprint density at radius 2 is 2.03 bits per heavy atom. The Kier molecular flexibility index (Phi) is 7.21. The SMILES string of the molecule is Nc1nc(CON=C(C(=O)NC2C(=O)N3C(C(=O)O)=C(C[n+]4ccccn4)CS[C@H]23)c2csc(N)n2)cs1. The summed E-state index contributed by atoms with van der Waals surface area (Å²) < 4.78 is 1.59. The van der Waals surface area contributed by atoms with Crippen LogP contribution < -0.4 is 21.5 Å². The fourth-order valence-corrected chi connectivity index (χ4v) is 6.25. The van der Waals surface area contributed by atoms with Crippen molar-refractivity contribution in [1.82, 2.24) is 25.3 Å². The van der Waals surface area contributed by atoms with Crippen molar-refractivity contribution in [2.45, 2.75) is 24.6 Å². The highest BCUT2D eigenvalue weighted by Gasteiger charge is 2.55. The Morgan fingerprint density at radius 3 is 2.68 bits per heavy atom. The Bertz CT molecular complexity index is 1460. The van der Waals surface area contributed by atoms with Gasteiger partial charge in [0.15, 0.2) is 35.3 Å². The van der Waals surface area contributed by atoms with Crippen molar-refractivity contribution in [3.63, 3.8) is 0 Å². The fraction of sp³-hybridized carbons (Fsp3) is 0.238. The molecule has 3 aromatic heterocycles. The number of carbonyl (C=O) groups excluding carboxylic acids is 2. The standard InChI is InChI=1S/C21H19N9O5S3/c22-20-25-11(8-37-20)6-35-28-13(12-9-38-21(23)26-12)16(31)27-14-17(32)30-15(19(33)34)10(7-36-18(14)30)5-29-4-2-1-3-24-29/h1-4,8-9,14,18H,5-7H2,(H5-,22,23,25,26,27,31,33,34)/p+1/t14?,18-/m1/s1. The molecule has 2 atom stereocenters. The van der Waals surface area contributed by atoms with Crippen LogP contribution in [-0.2, 0) is 32.4 Å². The molecule has 0 radical (unpaired) electrons. The van der Waals surface area contributed by atoms with Crippen LogP contribution in [-0.4, -0.2) is 65.7 Å². The minimum absolute atomic E-state index is 0.0391. The van der Waals surface area contributed by atoms with Gasteiger partial charge in [0.1, 0.15) is 22.8 Å². The first-order chi connectivity index (χ1) is 18.3. The number of thioether (sulfide) groups is 1. The lowest BCUT2D eigenvalue weighted by Crippen LogP contribution is -2.71. The number of amides is 2. The number of anilines is 2. The predicted molar refractivity (Wildman–Crippen MR) is 138 cm³/mol. The number of carboxylic acids is 1. The molecule has 0 bridgehead atoms. The third-order valence-electron chi connectivity index (χ3n) is 5.48. The van der Waals surface area contributed by atoms with Crippen LogP contribution in [0.25, 0.3) is 0 Å². The number of oxime groups is 1. The van der Waals surface area contributed by atoms with Crippen LogP contribution in [0.1, 0.15) is 11.4 Å². The molecule has 0 saturated carbocycles. The van der Waals surface area contributed by atoms with E-state index in [1.165, 1.54) is 33.4 Å². The van der Waals surface area contributed by atoms with Crippen LogP contribution in [0.4, 0.5) is 10.3 Å². The van der Waals surface area contributed by atoms with Gasteiger partial charge in [-0.3, -0.25) is 14.5 Å². The summed E-state index contributed by atoms with van der Waals surface area (Å²) in [5, 5.41) is 23.8. The van der Waals surface area contributed by atoms with Gasteiger partial charge in [0, 0.05) is 28.2 Å². The summed E-state index contributed by atoms with van der Waals surface area (Å²) in [7, 11) is 0. The zero-order valence-corrected chi connectivity index (χ0v) is 21.8. The first-order valence-electron chi connectivity index (χ1n) is 10.9. The topological polar surface area (TPSA) is 203 Å². The molecule has 1 fully saturated rings. The van der Waals surface area contributed by atoms with Gasteiger partial charge in [-0.2, -0.15) is 0 Å². The third kappa shape index (κ3) is 5.15. The second kappa shape index (κ2) is 10.7. The summed E-state index contributed by atoms with van der Waals surface area (Å²) in [6.07, 6.45) is 3.30. The average Bonchev–Trinajstić information content (AvgIpc) is 3.52. The molecule has 1 unspecified atom stereocenters. The van der Waals surface area contributed by atoms with Gasteiger partial charge in [-0.1, -0.05) is 9.84 Å². The van der Waals surface area contributed by atoms with Gasteiger partial charge in [-0.05, 0) is 11.2 Å². The normalized spacial score (nSPS) is 19.1. The Balaban J connectivity index is 1.32. The van der Waals surface area contributed by atoms with Crippen molar-refractivity contribution in [2.75, 3.05) is 17.2 Å². The molecule has 2 aliphatic rings. The molecule has 0 aliphatic carbocycles. The van der Waals surface area contributed by atoms with Crippen molar-refractivity contribution in [3.8, 4) is 0 Å². The summed E-state index contributed by atoms with van der Waals surface area (Å²) in [4.78, 5) is 53.0. The highest BCUT2D eigenvalue weighted by Crippen LogP contribution is 2.40. The van der Waals surface area contributed by atoms with E-state index < -0.39 is 29.2 Å². The van der Waals surface area contributed by atoms with Crippen LogP contribution in [0, 0.1) is 0 Å². The molecule has 0 aromatic carbocycles. The van der Waals surface area contributed by atoms with Crippen LogP contribution >= 0.6 is 34.4 Å². The zero-order chi connectivity index (χ0) is 26.8. The lowest BCUT2D eigenvalue weighted by molar-refractivity contribution is -0.746. The van der Waals surface area contributed by atoms with Crippen molar-refractivity contribution in [2.24, 2.45) is 5.16 Å². The summed E-state index contributed by atoms with van der Waals surface area (Å²) in [6.45, 7) is 0.176. The lowest BCUT2D eigenvalue weighted by Gasteiger charge is -2.49. The first kappa shape index (κ1) is 25.6. The fourth-order valence-electron chi connectivity index (χ4n) is 3.82. The summed E-state index contributed by atoms with van der Waals surface area (Å²) >= 11 is 3.70. The van der Waals surface area contributed by atoms with Gasteiger partial charge in [0.2, 0.25) is 0 Å². The Morgan fingerprint density at radius 1 is 1.24 bits per heavy atom. The Labute approximate surface area is 227 Å². The van der Waals surface area contributed by atoms with Gasteiger partial charge >= 0.3 is 5.97 Å². The number of carbonyl (C=O) groups is 3. The van der Waals surface area contributed by atoms with Gasteiger partial charge in [-0.25, -0.2) is 14.8 Å². The molecule has 5 rings (SSSR count). The van der Waals surface area contributed by atoms with E-state index in [2.05, 4.69) is 25.5 Å². The number of rotatable bonds is 9. The highest BCUT2D eigenvalue weighted by atomic mass is 32.2. The van der Waals surface area contributed by atoms with Crippen molar-refractivity contribution in [3.05, 3.63) is 57.9 Å². The second-order valence-electron chi connectivity index (χ2n) is 7.98. The summed E-state index contributed by atoms with van der Waals surface area (Å²) in [5.74, 6) is -2.15. The maximum absolute atomic E-state index is 13.2. The van der Waals surface area contributed by atoms with E-state index in [9.17, 15) is 19.5 Å². The number of aromatic nitrogens is 4. The molecule has 1 saturated heterocycles. The lowest BCUT2D eigenvalue weighted by atomic mass is 10.0. The van der Waals surface area contributed by atoms with E-state index in [4.69, 9.17) is 16.3 Å². The number of hydrogen-bond acceptors (Lipinski definition) is 13. The number of carboxylic acid groups (broad SMARTS) is 1. The van der Waals surface area contributed by atoms with E-state index in [-0.39, 0.29) is 35.4 Å². The number of nitrogens with zero attached hydrogens (tertiary/aromatic N) is 6. The number of thiazole rings is 2. The van der Waals surface area contributed by atoms with E-state index in [0.717, 1.165) is 11.3 Å². The molecule has 14 nitrogen and oxygen atoms in total. The van der Waals surface area contributed by atoms with Gasteiger partial charge in [-0.15, -0.1) is 34.4 Å². The van der Waals surface area contributed by atoms with Crippen molar-refractivity contribution >= 4 is 68.2 Å². The molecule has 196 valence electrons. The van der Waals surface area contributed by atoms with Crippen molar-refractivity contribution in [1.29, 1.82) is 0 Å². The molecular weight excluding hydrogens is 554 g/mol. The second-order valence-corrected chi connectivity index (χ2v) is 10.9. The van der Waals surface area contributed by atoms with Gasteiger partial charge in [0.05, 0.1) is 11.9 Å². The van der Waals surface area contributed by atoms with Crippen LogP contribution in [0.15, 0.2) is 51.7 Å². The minimum atomic E-state index is -1.23. The zero-order valence-electron chi connectivity index (χ0n) is 19.4. The molecule has 5 heterocycles. The van der Waals surface area contributed by atoms with Crippen molar-refractivity contribution < 1.29 is 29.0 Å². The summed E-state index contributed by atoms with van der Waals surface area (Å²) in [5.41, 5.74) is 12.3. The number of hydrogen-bond donors (Lipinski definition) is 4. The number of aliphatic carboxylic acids is 1. The molecule has 2 aliphatic heterocycles. The highest BCUT2D eigenvalue weighted by molar-refractivity contribution is 8.00. The maximum Gasteiger partial charge on any atom is 0.352 e.